The average molecular weight is 215 g/mol. The minimum Gasteiger partial charge on any atom is -0.330 e. The Labute approximate surface area is 98.0 Å². The minimum absolute atomic E-state index is 0.418. The van der Waals surface area contributed by atoms with E-state index in [4.69, 9.17) is 5.73 Å². The van der Waals surface area contributed by atoms with Gasteiger partial charge in [0.15, 0.2) is 0 Å². The van der Waals surface area contributed by atoms with E-state index in [1.807, 2.05) is 0 Å². The summed E-state index contributed by atoms with van der Waals surface area (Å²) in [6.07, 6.45) is 3.90. The van der Waals surface area contributed by atoms with Crippen LogP contribution in [-0.4, -0.2) is 6.54 Å². The molecule has 0 heterocycles. The van der Waals surface area contributed by atoms with E-state index in [1.54, 1.807) is 11.1 Å². The molecule has 3 rings (SSSR count). The molecule has 1 saturated carbocycles. The van der Waals surface area contributed by atoms with E-state index in [1.165, 1.54) is 24.8 Å². The van der Waals surface area contributed by atoms with E-state index >= 15 is 0 Å². The SMILES string of the molecule is CC1(C)C(CN)C1c1ccc2c(c1)CCC2. The first-order chi connectivity index (χ1) is 7.64. The molecule has 0 aliphatic heterocycles. The minimum atomic E-state index is 0.418. The summed E-state index contributed by atoms with van der Waals surface area (Å²) < 4.78 is 0. The van der Waals surface area contributed by atoms with Crippen molar-refractivity contribution in [1.82, 2.24) is 0 Å². The van der Waals surface area contributed by atoms with Crippen molar-refractivity contribution in [3.05, 3.63) is 34.9 Å². The highest BCUT2D eigenvalue weighted by Crippen LogP contribution is 2.63. The topological polar surface area (TPSA) is 26.0 Å². The van der Waals surface area contributed by atoms with E-state index in [-0.39, 0.29) is 0 Å². The molecule has 16 heavy (non-hydrogen) atoms. The Morgan fingerprint density at radius 3 is 2.69 bits per heavy atom. The molecule has 0 spiro atoms. The van der Waals surface area contributed by atoms with Gasteiger partial charge in [-0.1, -0.05) is 32.0 Å². The summed E-state index contributed by atoms with van der Waals surface area (Å²) >= 11 is 0. The summed E-state index contributed by atoms with van der Waals surface area (Å²) in [6.45, 7) is 5.53. The summed E-state index contributed by atoms with van der Waals surface area (Å²) in [6, 6.07) is 7.14. The molecule has 0 bridgehead atoms. The fourth-order valence-corrected chi connectivity index (χ4v) is 3.63. The highest BCUT2D eigenvalue weighted by Gasteiger charge is 2.57. The summed E-state index contributed by atoms with van der Waals surface area (Å²) in [5.41, 5.74) is 11.0. The van der Waals surface area contributed by atoms with Crippen molar-refractivity contribution in [2.45, 2.75) is 39.0 Å². The molecule has 86 valence electrons. The van der Waals surface area contributed by atoms with Gasteiger partial charge in [-0.05, 0) is 59.7 Å². The van der Waals surface area contributed by atoms with Crippen LogP contribution in [0.3, 0.4) is 0 Å². The van der Waals surface area contributed by atoms with Gasteiger partial charge in [-0.15, -0.1) is 0 Å². The lowest BCUT2D eigenvalue weighted by Gasteiger charge is -2.06. The van der Waals surface area contributed by atoms with Crippen LogP contribution in [0.25, 0.3) is 0 Å². The molecule has 2 aliphatic carbocycles. The van der Waals surface area contributed by atoms with Crippen molar-refractivity contribution >= 4 is 0 Å². The van der Waals surface area contributed by atoms with Crippen molar-refractivity contribution < 1.29 is 0 Å². The largest absolute Gasteiger partial charge is 0.330 e. The highest BCUT2D eigenvalue weighted by molar-refractivity contribution is 5.40. The lowest BCUT2D eigenvalue weighted by Crippen LogP contribution is -2.05. The van der Waals surface area contributed by atoms with E-state index < -0.39 is 0 Å². The Morgan fingerprint density at radius 1 is 1.25 bits per heavy atom. The van der Waals surface area contributed by atoms with Crippen LogP contribution < -0.4 is 5.73 Å². The summed E-state index contributed by atoms with van der Waals surface area (Å²) in [7, 11) is 0. The van der Waals surface area contributed by atoms with Crippen molar-refractivity contribution in [3.8, 4) is 0 Å². The molecule has 2 unspecified atom stereocenters. The molecule has 1 nitrogen and oxygen atoms in total. The molecule has 2 N–H and O–H groups in total. The zero-order valence-electron chi connectivity index (χ0n) is 10.3. The fraction of sp³-hybridized carbons (Fsp3) is 0.600. The van der Waals surface area contributed by atoms with Gasteiger partial charge in [0.25, 0.3) is 0 Å². The zero-order chi connectivity index (χ0) is 11.3. The molecule has 1 aromatic carbocycles. The van der Waals surface area contributed by atoms with E-state index in [0.717, 1.165) is 6.54 Å². The van der Waals surface area contributed by atoms with Crippen LogP contribution in [0.2, 0.25) is 0 Å². The number of nitrogens with two attached hydrogens (primary N) is 1. The summed E-state index contributed by atoms with van der Waals surface area (Å²) in [4.78, 5) is 0. The molecule has 1 heteroatoms. The Kier molecular flexibility index (Phi) is 2.16. The van der Waals surface area contributed by atoms with Crippen molar-refractivity contribution in [3.63, 3.8) is 0 Å². The number of rotatable bonds is 2. The monoisotopic (exact) mass is 215 g/mol. The van der Waals surface area contributed by atoms with Gasteiger partial charge in [-0.3, -0.25) is 0 Å². The molecule has 2 atom stereocenters. The second-order valence-electron chi connectivity index (χ2n) is 6.02. The molecular formula is C15H21N. The van der Waals surface area contributed by atoms with Crippen LogP contribution in [0.1, 0.15) is 42.9 Å². The van der Waals surface area contributed by atoms with Crippen LogP contribution >= 0.6 is 0 Å². The third-order valence-corrected chi connectivity index (χ3v) is 4.79. The molecule has 0 amide bonds. The van der Waals surface area contributed by atoms with E-state index in [0.29, 0.717) is 17.3 Å². The van der Waals surface area contributed by atoms with Crippen LogP contribution in [0, 0.1) is 11.3 Å². The Bertz CT molecular complexity index is 419. The smallest absolute Gasteiger partial charge is 0.00375 e. The predicted molar refractivity (Wildman–Crippen MR) is 67.5 cm³/mol. The molecule has 1 fully saturated rings. The van der Waals surface area contributed by atoms with Gasteiger partial charge in [0.05, 0.1) is 0 Å². The lowest BCUT2D eigenvalue weighted by molar-refractivity contribution is 0.558. The van der Waals surface area contributed by atoms with Crippen LogP contribution in [0.4, 0.5) is 0 Å². The lowest BCUT2D eigenvalue weighted by atomic mass is 9.99. The first-order valence-corrected chi connectivity index (χ1v) is 6.46. The van der Waals surface area contributed by atoms with E-state index in [9.17, 15) is 0 Å². The molecule has 0 aromatic heterocycles. The van der Waals surface area contributed by atoms with Crippen molar-refractivity contribution in [2.24, 2.45) is 17.1 Å². The van der Waals surface area contributed by atoms with Gasteiger partial charge in [0.1, 0.15) is 0 Å². The van der Waals surface area contributed by atoms with Gasteiger partial charge in [0.2, 0.25) is 0 Å². The van der Waals surface area contributed by atoms with Crippen LogP contribution in [0.15, 0.2) is 18.2 Å². The van der Waals surface area contributed by atoms with Gasteiger partial charge >= 0.3 is 0 Å². The van der Waals surface area contributed by atoms with Crippen LogP contribution in [0.5, 0.6) is 0 Å². The maximum absolute atomic E-state index is 5.85. The second kappa shape index (κ2) is 3.33. The number of hydrogen-bond acceptors (Lipinski definition) is 1. The Balaban J connectivity index is 1.92. The summed E-state index contributed by atoms with van der Waals surface area (Å²) in [5, 5.41) is 0. The number of aryl methyl sites for hydroxylation is 2. The molecule has 0 saturated heterocycles. The van der Waals surface area contributed by atoms with Gasteiger partial charge in [0, 0.05) is 0 Å². The molecule has 1 aromatic rings. The van der Waals surface area contributed by atoms with Crippen LogP contribution in [-0.2, 0) is 12.8 Å². The Morgan fingerprint density at radius 2 is 2.00 bits per heavy atom. The quantitative estimate of drug-likeness (QED) is 0.806. The highest BCUT2D eigenvalue weighted by atomic mass is 14.7. The van der Waals surface area contributed by atoms with Gasteiger partial charge in [-0.25, -0.2) is 0 Å². The van der Waals surface area contributed by atoms with Crippen molar-refractivity contribution in [2.75, 3.05) is 6.54 Å². The maximum Gasteiger partial charge on any atom is -0.00375 e. The fourth-order valence-electron chi connectivity index (χ4n) is 3.63. The van der Waals surface area contributed by atoms with Gasteiger partial charge in [-0.2, -0.15) is 0 Å². The van der Waals surface area contributed by atoms with E-state index in [2.05, 4.69) is 32.0 Å². The number of hydrogen-bond donors (Lipinski definition) is 1. The summed E-state index contributed by atoms with van der Waals surface area (Å²) in [5.74, 6) is 1.38. The molecule has 0 radical (unpaired) electrons. The van der Waals surface area contributed by atoms with Crippen molar-refractivity contribution in [1.29, 1.82) is 0 Å². The maximum atomic E-state index is 5.85. The zero-order valence-corrected chi connectivity index (χ0v) is 10.3. The second-order valence-corrected chi connectivity index (χ2v) is 6.02. The normalized spacial score (nSPS) is 30.2. The third kappa shape index (κ3) is 1.34. The first-order valence-electron chi connectivity index (χ1n) is 6.46. The average Bonchev–Trinajstić information content (AvgIpc) is 2.62. The molecular weight excluding hydrogens is 194 g/mol. The van der Waals surface area contributed by atoms with Gasteiger partial charge < -0.3 is 5.73 Å². The third-order valence-electron chi connectivity index (χ3n) is 4.79. The first kappa shape index (κ1) is 10.3. The predicted octanol–water partition coefficient (Wildman–Crippen LogP) is 2.87. The Hall–Kier alpha value is -0.820. The molecule has 2 aliphatic rings. The standard InChI is InChI=1S/C15H21N/c1-15(2)13(9-16)14(15)12-7-6-10-4-3-5-11(10)8-12/h6-8,13-14H,3-5,9,16H2,1-2H3. The number of fused-ring (bicyclic) bond motifs is 1. The number of benzene rings is 1.